The maximum absolute atomic E-state index is 14.7. The van der Waals surface area contributed by atoms with Crippen molar-refractivity contribution in [3.05, 3.63) is 83.8 Å². The number of alkyl halides is 3. The Bertz CT molecular complexity index is 1460. The lowest BCUT2D eigenvalue weighted by atomic mass is 10.1. The summed E-state index contributed by atoms with van der Waals surface area (Å²) in [5.41, 5.74) is -0.144. The van der Waals surface area contributed by atoms with Gasteiger partial charge in [0.2, 0.25) is 0 Å². The largest absolute Gasteiger partial charge is 0.457 e. The van der Waals surface area contributed by atoms with Crippen molar-refractivity contribution in [3.63, 3.8) is 0 Å². The molecule has 0 bridgehead atoms. The zero-order valence-electron chi connectivity index (χ0n) is 19.3. The van der Waals surface area contributed by atoms with Gasteiger partial charge < -0.3 is 19.7 Å². The van der Waals surface area contributed by atoms with E-state index in [2.05, 4.69) is 20.2 Å². The van der Waals surface area contributed by atoms with E-state index >= 15 is 0 Å². The molecule has 0 unspecified atom stereocenters. The molecular weight excluding hydrogens is 492 g/mol. The maximum atomic E-state index is 14.7. The fraction of sp³-hybridized carbons (Fsp3) is 0.192. The summed E-state index contributed by atoms with van der Waals surface area (Å²) in [7, 11) is 0. The number of anilines is 2. The summed E-state index contributed by atoms with van der Waals surface area (Å²) in [4.78, 5) is 23.6. The number of halogens is 4. The van der Waals surface area contributed by atoms with Crippen molar-refractivity contribution in [1.29, 1.82) is 0 Å². The highest BCUT2D eigenvalue weighted by atomic mass is 19.4. The van der Waals surface area contributed by atoms with Gasteiger partial charge in [-0.15, -0.1) is 0 Å². The molecule has 0 radical (unpaired) electrons. The van der Waals surface area contributed by atoms with Crippen LogP contribution in [0, 0.1) is 5.82 Å². The third-order valence-corrected chi connectivity index (χ3v) is 5.71. The van der Waals surface area contributed by atoms with Crippen molar-refractivity contribution in [2.45, 2.75) is 6.18 Å². The second kappa shape index (κ2) is 10.0. The van der Waals surface area contributed by atoms with E-state index in [1.807, 2.05) is 0 Å². The van der Waals surface area contributed by atoms with Gasteiger partial charge in [-0.3, -0.25) is 9.78 Å². The molecule has 1 saturated heterocycles. The van der Waals surface area contributed by atoms with Crippen LogP contribution in [0.2, 0.25) is 0 Å². The van der Waals surface area contributed by atoms with Crippen LogP contribution in [0.25, 0.3) is 11.0 Å². The predicted molar refractivity (Wildman–Crippen MR) is 128 cm³/mol. The van der Waals surface area contributed by atoms with Crippen LogP contribution in [0.3, 0.4) is 0 Å². The standard InChI is InChI=1S/C26H20F4N4O3/c27-20-13-18(4-6-21(20)33-25(35)16-2-1-3-17(12-16)26(28,29)30)37-19-5-7-22-23(14-19)32-24(15-31-22)34-8-10-36-11-9-34/h1-7,12-15H,8-11H2,(H,33,35). The average molecular weight is 512 g/mol. The van der Waals surface area contributed by atoms with E-state index in [0.29, 0.717) is 49.2 Å². The molecule has 0 aliphatic carbocycles. The minimum atomic E-state index is -4.60. The summed E-state index contributed by atoms with van der Waals surface area (Å²) in [5, 5.41) is 2.29. The minimum absolute atomic E-state index is 0.159. The molecule has 1 aliphatic heterocycles. The van der Waals surface area contributed by atoms with E-state index in [0.717, 1.165) is 24.0 Å². The van der Waals surface area contributed by atoms with Gasteiger partial charge in [-0.05, 0) is 42.5 Å². The first-order chi connectivity index (χ1) is 17.8. The molecular formula is C26H20F4N4O3. The molecule has 190 valence electrons. The minimum Gasteiger partial charge on any atom is -0.457 e. The van der Waals surface area contributed by atoms with E-state index in [1.165, 1.54) is 18.2 Å². The van der Waals surface area contributed by atoms with E-state index in [1.54, 1.807) is 24.4 Å². The second-order valence-corrected chi connectivity index (χ2v) is 8.25. The fourth-order valence-corrected chi connectivity index (χ4v) is 3.82. The first-order valence-corrected chi connectivity index (χ1v) is 11.3. The van der Waals surface area contributed by atoms with Gasteiger partial charge >= 0.3 is 6.18 Å². The maximum Gasteiger partial charge on any atom is 0.416 e. The average Bonchev–Trinajstić information content (AvgIpc) is 2.90. The Morgan fingerprint density at radius 1 is 0.973 bits per heavy atom. The lowest BCUT2D eigenvalue weighted by Gasteiger charge is -2.27. The number of benzene rings is 3. The lowest BCUT2D eigenvalue weighted by molar-refractivity contribution is -0.137. The van der Waals surface area contributed by atoms with Gasteiger partial charge in [0.25, 0.3) is 5.91 Å². The Balaban J connectivity index is 1.30. The van der Waals surface area contributed by atoms with Crippen LogP contribution in [-0.2, 0) is 10.9 Å². The van der Waals surface area contributed by atoms with Crippen LogP contribution < -0.4 is 15.0 Å². The molecule has 0 saturated carbocycles. The van der Waals surface area contributed by atoms with Crippen LogP contribution in [-0.4, -0.2) is 42.2 Å². The lowest BCUT2D eigenvalue weighted by Crippen LogP contribution is -2.36. The van der Waals surface area contributed by atoms with Crippen LogP contribution >= 0.6 is 0 Å². The number of rotatable bonds is 5. The molecule has 11 heteroatoms. The SMILES string of the molecule is O=C(Nc1ccc(Oc2ccc3ncc(N4CCOCC4)nc3c2)cc1F)c1cccc(C(F)(F)F)c1. The molecule has 1 aliphatic rings. The smallest absolute Gasteiger partial charge is 0.416 e. The van der Waals surface area contributed by atoms with Gasteiger partial charge in [0.1, 0.15) is 23.1 Å². The normalized spacial score (nSPS) is 14.0. The van der Waals surface area contributed by atoms with Gasteiger partial charge in [-0.2, -0.15) is 13.2 Å². The number of aromatic nitrogens is 2. The summed E-state index contributed by atoms with van der Waals surface area (Å²) in [6.45, 7) is 2.66. The zero-order valence-corrected chi connectivity index (χ0v) is 19.3. The summed E-state index contributed by atoms with van der Waals surface area (Å²) in [6, 6.07) is 12.8. The molecule has 5 rings (SSSR count). The summed E-state index contributed by atoms with van der Waals surface area (Å²) >= 11 is 0. The molecule has 2 heterocycles. The first-order valence-electron chi connectivity index (χ1n) is 11.3. The third-order valence-electron chi connectivity index (χ3n) is 5.71. The predicted octanol–water partition coefficient (Wildman–Crippen LogP) is 5.67. The molecule has 1 aromatic heterocycles. The summed E-state index contributed by atoms with van der Waals surface area (Å²) < 4.78 is 64.6. The van der Waals surface area contributed by atoms with Gasteiger partial charge in [0, 0.05) is 30.8 Å². The van der Waals surface area contributed by atoms with E-state index in [4.69, 9.17) is 9.47 Å². The number of hydrogen-bond donors (Lipinski definition) is 1. The Hall–Kier alpha value is -4.25. The molecule has 7 nitrogen and oxygen atoms in total. The number of hydrogen-bond acceptors (Lipinski definition) is 6. The number of ether oxygens (including phenoxy) is 2. The number of nitrogens with zero attached hydrogens (tertiary/aromatic N) is 3. The van der Waals surface area contributed by atoms with Crippen molar-refractivity contribution < 1.29 is 31.8 Å². The van der Waals surface area contributed by atoms with Crippen molar-refractivity contribution in [1.82, 2.24) is 9.97 Å². The highest BCUT2D eigenvalue weighted by Crippen LogP contribution is 2.31. The Labute approximate surface area is 208 Å². The Morgan fingerprint density at radius 3 is 2.49 bits per heavy atom. The van der Waals surface area contributed by atoms with Crippen LogP contribution in [0.1, 0.15) is 15.9 Å². The van der Waals surface area contributed by atoms with Gasteiger partial charge in [-0.25, -0.2) is 9.37 Å². The van der Waals surface area contributed by atoms with Gasteiger partial charge in [0.15, 0.2) is 0 Å². The topological polar surface area (TPSA) is 76.6 Å². The highest BCUT2D eigenvalue weighted by molar-refractivity contribution is 6.04. The Kier molecular flexibility index (Phi) is 6.62. The van der Waals surface area contributed by atoms with E-state index in [9.17, 15) is 22.4 Å². The number of amides is 1. The van der Waals surface area contributed by atoms with Crippen LogP contribution in [0.15, 0.2) is 66.9 Å². The molecule has 4 aromatic rings. The molecule has 1 amide bonds. The molecule has 1 N–H and O–H groups in total. The summed E-state index contributed by atoms with van der Waals surface area (Å²) in [5.74, 6) is -0.400. The number of morpholine rings is 1. The van der Waals surface area contributed by atoms with Crippen molar-refractivity contribution >= 4 is 28.4 Å². The van der Waals surface area contributed by atoms with Gasteiger partial charge in [-0.1, -0.05) is 6.07 Å². The van der Waals surface area contributed by atoms with Crippen molar-refractivity contribution in [2.75, 3.05) is 36.5 Å². The Morgan fingerprint density at radius 2 is 1.73 bits per heavy atom. The fourth-order valence-electron chi connectivity index (χ4n) is 3.82. The molecule has 1 fully saturated rings. The number of nitrogens with one attached hydrogen (secondary N) is 1. The number of carbonyl (C=O) groups excluding carboxylic acids is 1. The van der Waals surface area contributed by atoms with Crippen molar-refractivity contribution in [2.24, 2.45) is 0 Å². The monoisotopic (exact) mass is 512 g/mol. The molecule has 0 spiro atoms. The molecule has 37 heavy (non-hydrogen) atoms. The quantitative estimate of drug-likeness (QED) is 0.348. The van der Waals surface area contributed by atoms with E-state index in [-0.39, 0.29) is 17.0 Å². The molecule has 3 aromatic carbocycles. The molecule has 0 atom stereocenters. The van der Waals surface area contributed by atoms with E-state index < -0.39 is 23.5 Å². The highest BCUT2D eigenvalue weighted by Gasteiger charge is 2.31. The zero-order chi connectivity index (χ0) is 26.0. The van der Waals surface area contributed by atoms with Crippen LogP contribution in [0.4, 0.5) is 29.1 Å². The third kappa shape index (κ3) is 5.61. The van der Waals surface area contributed by atoms with Crippen LogP contribution in [0.5, 0.6) is 11.5 Å². The number of fused-ring (bicyclic) bond motifs is 1. The second-order valence-electron chi connectivity index (χ2n) is 8.25. The first kappa shape index (κ1) is 24.4. The van der Waals surface area contributed by atoms with Gasteiger partial charge in [0.05, 0.1) is 41.7 Å². The number of carbonyl (C=O) groups is 1. The summed E-state index contributed by atoms with van der Waals surface area (Å²) in [6.07, 6.45) is -2.89. The van der Waals surface area contributed by atoms with Crippen molar-refractivity contribution in [3.8, 4) is 11.5 Å².